The van der Waals surface area contributed by atoms with Crippen LogP contribution in [0, 0.1) is 0 Å². The predicted octanol–water partition coefficient (Wildman–Crippen LogP) is 1.26. The minimum atomic E-state index is 0.157. The maximum atomic E-state index is 11.9. The van der Waals surface area contributed by atoms with Gasteiger partial charge in [-0.1, -0.05) is 20.3 Å². The second kappa shape index (κ2) is 14.2. The molecule has 0 aromatic carbocycles. The number of nitrogens with one attached hydrogen (secondary N) is 2. The molecule has 6 nitrogen and oxygen atoms in total. The molecule has 1 aliphatic heterocycles. The molecular weight excluding hydrogens is 316 g/mol. The lowest BCUT2D eigenvalue weighted by Crippen LogP contribution is -2.47. The normalized spacial score (nSPS) is 16.1. The lowest BCUT2D eigenvalue weighted by atomic mass is 10.2. The number of carbonyl (C=O) groups is 2. The van der Waals surface area contributed by atoms with E-state index >= 15 is 0 Å². The van der Waals surface area contributed by atoms with Crippen LogP contribution in [0.15, 0.2) is 0 Å². The summed E-state index contributed by atoms with van der Waals surface area (Å²) in [6.45, 7) is 12.6. The van der Waals surface area contributed by atoms with Crippen molar-refractivity contribution < 1.29 is 9.59 Å². The average molecular weight is 355 g/mol. The van der Waals surface area contributed by atoms with Gasteiger partial charge >= 0.3 is 0 Å². The van der Waals surface area contributed by atoms with Crippen LogP contribution >= 0.6 is 0 Å². The molecule has 1 rings (SSSR count). The molecule has 6 heteroatoms. The van der Waals surface area contributed by atoms with Gasteiger partial charge in [-0.15, -0.1) is 0 Å². The quantitative estimate of drug-likeness (QED) is 0.460. The molecule has 2 N–H and O–H groups in total. The van der Waals surface area contributed by atoms with Gasteiger partial charge in [0.1, 0.15) is 5.78 Å². The molecule has 1 heterocycles. The van der Waals surface area contributed by atoms with Crippen molar-refractivity contribution in [3.05, 3.63) is 0 Å². The molecule has 0 unspecified atom stereocenters. The third-order valence-electron chi connectivity index (χ3n) is 4.78. The molecule has 0 aromatic rings. The average Bonchev–Trinajstić information content (AvgIpc) is 2.64. The smallest absolute Gasteiger partial charge is 0.221 e. The summed E-state index contributed by atoms with van der Waals surface area (Å²) >= 11 is 0. The fraction of sp³-hybridized carbons (Fsp3) is 0.895. The van der Waals surface area contributed by atoms with Crippen LogP contribution in [0.25, 0.3) is 0 Å². The zero-order valence-electron chi connectivity index (χ0n) is 16.3. The van der Waals surface area contributed by atoms with Gasteiger partial charge in [-0.2, -0.15) is 0 Å². The van der Waals surface area contributed by atoms with Crippen molar-refractivity contribution >= 4 is 11.7 Å². The fourth-order valence-corrected chi connectivity index (χ4v) is 2.91. The highest BCUT2D eigenvalue weighted by molar-refractivity contribution is 5.78. The zero-order chi connectivity index (χ0) is 18.3. The largest absolute Gasteiger partial charge is 0.356 e. The van der Waals surface area contributed by atoms with Gasteiger partial charge in [0.05, 0.1) is 0 Å². The number of rotatable bonds is 14. The zero-order valence-corrected chi connectivity index (χ0v) is 16.3. The number of unbranched alkanes of at least 4 members (excludes halogenated alkanes) is 1. The first-order valence-electron chi connectivity index (χ1n) is 10.1. The molecule has 0 aliphatic carbocycles. The Morgan fingerprint density at radius 1 is 0.840 bits per heavy atom. The van der Waals surface area contributed by atoms with Gasteiger partial charge in [-0.25, -0.2) is 0 Å². The van der Waals surface area contributed by atoms with Crippen molar-refractivity contribution in [1.29, 1.82) is 0 Å². The van der Waals surface area contributed by atoms with E-state index in [4.69, 9.17) is 0 Å². The molecule has 1 saturated heterocycles. The van der Waals surface area contributed by atoms with Crippen molar-refractivity contribution in [3.63, 3.8) is 0 Å². The van der Waals surface area contributed by atoms with Crippen molar-refractivity contribution in [2.45, 2.75) is 52.4 Å². The lowest BCUT2D eigenvalue weighted by molar-refractivity contribution is -0.122. The van der Waals surface area contributed by atoms with Gasteiger partial charge in [-0.3, -0.25) is 9.59 Å². The number of carbonyl (C=O) groups excluding carboxylic acids is 2. The summed E-state index contributed by atoms with van der Waals surface area (Å²) in [4.78, 5) is 28.0. The Morgan fingerprint density at radius 3 is 2.04 bits per heavy atom. The summed E-state index contributed by atoms with van der Waals surface area (Å²) in [5.74, 6) is 0.504. The van der Waals surface area contributed by atoms with Crippen LogP contribution in [-0.2, 0) is 9.59 Å². The lowest BCUT2D eigenvalue weighted by Gasteiger charge is -2.34. The second-order valence-electron chi connectivity index (χ2n) is 6.88. The first-order chi connectivity index (χ1) is 12.2. The summed E-state index contributed by atoms with van der Waals surface area (Å²) < 4.78 is 0. The minimum absolute atomic E-state index is 0.157. The Labute approximate surface area is 153 Å². The maximum absolute atomic E-state index is 11.9. The number of hydrogen-bond acceptors (Lipinski definition) is 5. The minimum Gasteiger partial charge on any atom is -0.356 e. The molecule has 0 spiro atoms. The summed E-state index contributed by atoms with van der Waals surface area (Å²) in [5, 5.41) is 6.39. The molecule has 1 amide bonds. The van der Waals surface area contributed by atoms with E-state index < -0.39 is 0 Å². The van der Waals surface area contributed by atoms with E-state index in [2.05, 4.69) is 27.4 Å². The molecule has 0 atom stereocenters. The van der Waals surface area contributed by atoms with Crippen molar-refractivity contribution in [2.75, 3.05) is 58.9 Å². The van der Waals surface area contributed by atoms with Crippen LogP contribution < -0.4 is 10.6 Å². The predicted molar refractivity (Wildman–Crippen MR) is 103 cm³/mol. The topological polar surface area (TPSA) is 64.7 Å². The van der Waals surface area contributed by atoms with E-state index in [1.807, 2.05) is 6.92 Å². The van der Waals surface area contributed by atoms with Crippen LogP contribution in [0.3, 0.4) is 0 Å². The third kappa shape index (κ3) is 11.3. The first-order valence-corrected chi connectivity index (χ1v) is 10.1. The van der Waals surface area contributed by atoms with E-state index in [1.165, 1.54) is 12.8 Å². The monoisotopic (exact) mass is 354 g/mol. The van der Waals surface area contributed by atoms with Crippen LogP contribution in [0.2, 0.25) is 0 Å². The first kappa shape index (κ1) is 22.1. The third-order valence-corrected chi connectivity index (χ3v) is 4.78. The Balaban J connectivity index is 1.98. The van der Waals surface area contributed by atoms with E-state index in [9.17, 15) is 9.59 Å². The fourth-order valence-electron chi connectivity index (χ4n) is 2.91. The van der Waals surface area contributed by atoms with Crippen molar-refractivity contribution in [3.8, 4) is 0 Å². The van der Waals surface area contributed by atoms with Gasteiger partial charge in [-0.05, 0) is 25.9 Å². The highest BCUT2D eigenvalue weighted by Gasteiger charge is 2.17. The SMILES string of the molecule is CCCCNCCCNC(=O)CCN1CCN(CCC(=O)CC)CC1. The number of Topliss-reactive ketones (excluding diaryl/α,β-unsaturated/α-hetero) is 1. The van der Waals surface area contributed by atoms with Crippen molar-refractivity contribution in [1.82, 2.24) is 20.4 Å². The molecule has 0 aromatic heterocycles. The molecular formula is C19H38N4O2. The molecule has 1 aliphatic rings. The molecule has 25 heavy (non-hydrogen) atoms. The molecule has 146 valence electrons. The van der Waals surface area contributed by atoms with E-state index in [-0.39, 0.29) is 5.91 Å². The van der Waals surface area contributed by atoms with Crippen molar-refractivity contribution in [2.24, 2.45) is 0 Å². The van der Waals surface area contributed by atoms with Crippen LogP contribution in [-0.4, -0.2) is 80.4 Å². The van der Waals surface area contributed by atoms with Crippen LogP contribution in [0.1, 0.15) is 52.4 Å². The van der Waals surface area contributed by atoms with E-state index in [1.54, 1.807) is 0 Å². The summed E-state index contributed by atoms with van der Waals surface area (Å²) in [5.41, 5.74) is 0. The van der Waals surface area contributed by atoms with Crippen LogP contribution in [0.4, 0.5) is 0 Å². The Bertz CT molecular complexity index is 368. The summed E-state index contributed by atoms with van der Waals surface area (Å²) in [6.07, 6.45) is 5.32. The van der Waals surface area contributed by atoms with Gasteiger partial charge in [0, 0.05) is 65.1 Å². The van der Waals surface area contributed by atoms with Gasteiger partial charge < -0.3 is 20.4 Å². The Morgan fingerprint density at radius 2 is 1.44 bits per heavy atom. The highest BCUT2D eigenvalue weighted by atomic mass is 16.1. The maximum Gasteiger partial charge on any atom is 0.221 e. The van der Waals surface area contributed by atoms with Crippen LogP contribution in [0.5, 0.6) is 0 Å². The number of nitrogens with zero attached hydrogens (tertiary/aromatic N) is 2. The van der Waals surface area contributed by atoms with Gasteiger partial charge in [0.15, 0.2) is 0 Å². The summed E-state index contributed by atoms with van der Waals surface area (Å²) in [7, 11) is 0. The molecule has 1 fully saturated rings. The van der Waals surface area contributed by atoms with Gasteiger partial charge in [0.25, 0.3) is 0 Å². The number of amides is 1. The van der Waals surface area contributed by atoms with E-state index in [0.717, 1.165) is 65.3 Å². The molecule has 0 radical (unpaired) electrons. The number of hydrogen-bond donors (Lipinski definition) is 2. The Kier molecular flexibility index (Phi) is 12.5. The standard InChI is InChI=1S/C19H38N4O2/c1-3-5-9-20-10-6-11-21-19(25)8-13-23-16-14-22(15-17-23)12-7-18(24)4-2/h20H,3-17H2,1-2H3,(H,21,25). The highest BCUT2D eigenvalue weighted by Crippen LogP contribution is 2.04. The van der Waals surface area contributed by atoms with Gasteiger partial charge in [0.2, 0.25) is 5.91 Å². The summed E-state index contributed by atoms with van der Waals surface area (Å²) in [6, 6.07) is 0. The molecule has 0 saturated carbocycles. The Hall–Kier alpha value is -0.980. The number of piperazine rings is 1. The van der Waals surface area contributed by atoms with E-state index in [0.29, 0.717) is 25.0 Å². The number of ketones is 1. The second-order valence-corrected chi connectivity index (χ2v) is 6.88. The molecule has 0 bridgehead atoms.